The minimum absolute atomic E-state index is 0.0282. The number of nitrogens with zero attached hydrogens (tertiary/aromatic N) is 2. The molecule has 0 saturated heterocycles. The topological polar surface area (TPSA) is 98.2 Å². The summed E-state index contributed by atoms with van der Waals surface area (Å²) >= 11 is 0. The number of Topliss-reactive ketones (excluding diaryl/α,β-unsaturated/α-hetero) is 1. The third-order valence-corrected chi connectivity index (χ3v) is 7.27. The van der Waals surface area contributed by atoms with Crippen molar-refractivity contribution in [1.29, 1.82) is 5.41 Å². The molecular formula is C28H38FN5O2. The molecule has 1 amide bonds. The van der Waals surface area contributed by atoms with Gasteiger partial charge in [-0.15, -0.1) is 0 Å². The molecular weight excluding hydrogens is 457 g/mol. The third-order valence-electron chi connectivity index (χ3n) is 7.27. The molecule has 2 aromatic rings. The highest BCUT2D eigenvalue weighted by atomic mass is 19.1. The lowest BCUT2D eigenvalue weighted by Gasteiger charge is -2.32. The standard InChI is InChI=1S/C28H38FN5O2/c1-5-23(24-17-22(15-16-32-24)34(4)21-13-11-20(29)12-14-21)25(30)27(35)26(19-9-7-6-8-10-19)33-28(36)18(2)31-3/h11-19,23,26,30-31H,5-10H2,1-4H3,(H,33,36)/t18-,23-,26-/m0/s1. The third kappa shape index (κ3) is 6.55. The summed E-state index contributed by atoms with van der Waals surface area (Å²) in [5, 5.41) is 14.8. The Kier molecular flexibility index (Phi) is 9.70. The van der Waals surface area contributed by atoms with Gasteiger partial charge in [-0.05, 0) is 75.5 Å². The molecule has 1 aromatic carbocycles. The Labute approximate surface area is 213 Å². The SMILES string of the molecule is CC[C@H](C(=N)C(=O)[C@@H](NC(=O)[C@H](C)NC)C1CCCCC1)c1cc(N(C)c2ccc(F)cc2)ccn1. The van der Waals surface area contributed by atoms with Crippen LogP contribution in [0.15, 0.2) is 42.6 Å². The molecule has 1 saturated carbocycles. The van der Waals surface area contributed by atoms with Crippen LogP contribution in [-0.4, -0.2) is 48.6 Å². The first-order chi connectivity index (χ1) is 17.3. The van der Waals surface area contributed by atoms with Crippen LogP contribution in [0.1, 0.15) is 64.0 Å². The molecule has 3 atom stereocenters. The zero-order chi connectivity index (χ0) is 26.2. The molecule has 0 spiro atoms. The van der Waals surface area contributed by atoms with Crippen molar-refractivity contribution in [3.63, 3.8) is 0 Å². The van der Waals surface area contributed by atoms with E-state index in [2.05, 4.69) is 15.6 Å². The Hall–Kier alpha value is -3.13. The maximum atomic E-state index is 13.7. The van der Waals surface area contributed by atoms with E-state index in [1.165, 1.54) is 12.1 Å². The van der Waals surface area contributed by atoms with E-state index in [1.807, 2.05) is 31.0 Å². The zero-order valence-electron chi connectivity index (χ0n) is 21.7. The van der Waals surface area contributed by atoms with Gasteiger partial charge in [0, 0.05) is 30.5 Å². The lowest BCUT2D eigenvalue weighted by atomic mass is 9.79. The molecule has 36 heavy (non-hydrogen) atoms. The van der Waals surface area contributed by atoms with E-state index in [-0.39, 0.29) is 29.1 Å². The normalized spacial score (nSPS) is 16.6. The highest BCUT2D eigenvalue weighted by Gasteiger charge is 2.36. The predicted molar refractivity (Wildman–Crippen MR) is 141 cm³/mol. The molecule has 1 heterocycles. The second kappa shape index (κ2) is 12.7. The molecule has 0 aliphatic heterocycles. The lowest BCUT2D eigenvalue weighted by Crippen LogP contribution is -2.53. The Morgan fingerprint density at radius 3 is 2.42 bits per heavy atom. The van der Waals surface area contributed by atoms with Gasteiger partial charge in [-0.3, -0.25) is 14.6 Å². The number of aromatic nitrogens is 1. The fraction of sp³-hybridized carbons (Fsp3) is 0.500. The molecule has 1 aliphatic carbocycles. The van der Waals surface area contributed by atoms with Crippen LogP contribution >= 0.6 is 0 Å². The fourth-order valence-electron chi connectivity index (χ4n) is 4.82. The molecule has 1 aromatic heterocycles. The van der Waals surface area contributed by atoms with Crippen LogP contribution in [-0.2, 0) is 9.59 Å². The van der Waals surface area contributed by atoms with Gasteiger partial charge in [-0.2, -0.15) is 0 Å². The van der Waals surface area contributed by atoms with Crippen molar-refractivity contribution in [3.8, 4) is 0 Å². The molecule has 7 nitrogen and oxygen atoms in total. The molecule has 0 unspecified atom stereocenters. The van der Waals surface area contributed by atoms with Gasteiger partial charge in [0.25, 0.3) is 0 Å². The number of likely N-dealkylation sites (N-methyl/N-ethyl adjacent to an activating group) is 1. The van der Waals surface area contributed by atoms with Crippen molar-refractivity contribution < 1.29 is 14.0 Å². The first-order valence-corrected chi connectivity index (χ1v) is 12.8. The van der Waals surface area contributed by atoms with Gasteiger partial charge in [0.1, 0.15) is 5.82 Å². The summed E-state index contributed by atoms with van der Waals surface area (Å²) in [7, 11) is 3.58. The number of anilines is 2. The van der Waals surface area contributed by atoms with Crippen molar-refractivity contribution in [1.82, 2.24) is 15.6 Å². The van der Waals surface area contributed by atoms with Crippen LogP contribution in [0.5, 0.6) is 0 Å². The van der Waals surface area contributed by atoms with Gasteiger partial charge in [0.15, 0.2) is 5.78 Å². The van der Waals surface area contributed by atoms with Crippen molar-refractivity contribution in [2.75, 3.05) is 19.0 Å². The number of carbonyl (C=O) groups is 2. The van der Waals surface area contributed by atoms with E-state index in [0.717, 1.165) is 43.5 Å². The van der Waals surface area contributed by atoms with Crippen LogP contribution in [0.25, 0.3) is 0 Å². The van der Waals surface area contributed by atoms with Gasteiger partial charge in [-0.25, -0.2) is 4.39 Å². The molecule has 194 valence electrons. The Morgan fingerprint density at radius 2 is 1.81 bits per heavy atom. The first kappa shape index (κ1) is 27.5. The Morgan fingerprint density at radius 1 is 1.14 bits per heavy atom. The average molecular weight is 496 g/mol. The Bertz CT molecular complexity index is 1050. The number of carbonyl (C=O) groups excluding carboxylic acids is 2. The smallest absolute Gasteiger partial charge is 0.237 e. The number of halogens is 1. The summed E-state index contributed by atoms with van der Waals surface area (Å²) in [5.41, 5.74) is 2.23. The van der Waals surface area contributed by atoms with Crippen molar-refractivity contribution in [2.45, 2.75) is 70.4 Å². The monoisotopic (exact) mass is 495 g/mol. The largest absolute Gasteiger partial charge is 0.345 e. The predicted octanol–water partition coefficient (Wildman–Crippen LogP) is 4.74. The number of ketones is 1. The molecule has 0 radical (unpaired) electrons. The van der Waals surface area contributed by atoms with Gasteiger partial charge in [-0.1, -0.05) is 26.2 Å². The highest BCUT2D eigenvalue weighted by Crippen LogP contribution is 2.31. The molecule has 8 heteroatoms. The van der Waals surface area contributed by atoms with E-state index in [0.29, 0.717) is 12.1 Å². The summed E-state index contributed by atoms with van der Waals surface area (Å²) in [6.07, 6.45) is 7.10. The minimum Gasteiger partial charge on any atom is -0.345 e. The maximum absolute atomic E-state index is 13.7. The fourth-order valence-corrected chi connectivity index (χ4v) is 4.82. The van der Waals surface area contributed by atoms with Crippen molar-refractivity contribution >= 4 is 28.8 Å². The highest BCUT2D eigenvalue weighted by molar-refractivity contribution is 6.42. The number of amides is 1. The number of pyridine rings is 1. The van der Waals surface area contributed by atoms with E-state index < -0.39 is 18.0 Å². The van der Waals surface area contributed by atoms with Gasteiger partial charge >= 0.3 is 0 Å². The first-order valence-electron chi connectivity index (χ1n) is 12.8. The van der Waals surface area contributed by atoms with E-state index in [4.69, 9.17) is 5.41 Å². The van der Waals surface area contributed by atoms with Crippen molar-refractivity contribution in [2.24, 2.45) is 5.92 Å². The Balaban J connectivity index is 1.85. The van der Waals surface area contributed by atoms with Crippen LogP contribution < -0.4 is 15.5 Å². The van der Waals surface area contributed by atoms with Crippen LogP contribution in [0, 0.1) is 17.1 Å². The van der Waals surface area contributed by atoms with Crippen molar-refractivity contribution in [3.05, 3.63) is 54.1 Å². The van der Waals surface area contributed by atoms with Gasteiger partial charge < -0.3 is 20.9 Å². The molecule has 3 N–H and O–H groups in total. The molecule has 3 rings (SSSR count). The van der Waals surface area contributed by atoms with Crippen LogP contribution in [0.2, 0.25) is 0 Å². The quantitative estimate of drug-likeness (QED) is 0.391. The minimum atomic E-state index is -0.708. The molecule has 1 fully saturated rings. The second-order valence-corrected chi connectivity index (χ2v) is 9.61. The second-order valence-electron chi connectivity index (χ2n) is 9.61. The van der Waals surface area contributed by atoms with Crippen LogP contribution in [0.3, 0.4) is 0 Å². The summed E-state index contributed by atoms with van der Waals surface area (Å²) in [5.74, 6) is -1.33. The molecule has 0 bridgehead atoms. The maximum Gasteiger partial charge on any atom is 0.237 e. The summed E-state index contributed by atoms with van der Waals surface area (Å²) < 4.78 is 13.4. The van der Waals surface area contributed by atoms with E-state index in [9.17, 15) is 14.0 Å². The average Bonchev–Trinajstić information content (AvgIpc) is 2.91. The van der Waals surface area contributed by atoms with Gasteiger partial charge in [0.05, 0.1) is 23.5 Å². The number of benzene rings is 1. The van der Waals surface area contributed by atoms with E-state index >= 15 is 0 Å². The summed E-state index contributed by atoms with van der Waals surface area (Å²) in [4.78, 5) is 32.8. The molecule has 1 aliphatic rings. The summed E-state index contributed by atoms with van der Waals surface area (Å²) in [6.45, 7) is 3.69. The number of rotatable bonds is 11. The number of hydrogen-bond acceptors (Lipinski definition) is 6. The van der Waals surface area contributed by atoms with E-state index in [1.54, 1.807) is 32.3 Å². The number of hydrogen-bond donors (Lipinski definition) is 3. The number of nitrogens with one attached hydrogen (secondary N) is 3. The zero-order valence-corrected chi connectivity index (χ0v) is 21.7. The summed E-state index contributed by atoms with van der Waals surface area (Å²) in [6, 6.07) is 8.79. The lowest BCUT2D eigenvalue weighted by molar-refractivity contribution is -0.127. The van der Waals surface area contributed by atoms with Gasteiger partial charge in [0.2, 0.25) is 5.91 Å². The van der Waals surface area contributed by atoms with Crippen LogP contribution in [0.4, 0.5) is 15.8 Å².